The number of nitrogens with one attached hydrogen (secondary N) is 2. The number of β-amino-alcohol motifs (C(OH)–C–C–N with tert-alkyl or cyclic N) is 1. The van der Waals surface area contributed by atoms with Crippen molar-refractivity contribution in [3.8, 4) is 15.4 Å². The predicted octanol–water partition coefficient (Wildman–Crippen LogP) is 6.73. The zero-order valence-corrected chi connectivity index (χ0v) is 40.7. The number of fused-ring (bicyclic) bond motifs is 3. The number of thiazole rings is 1. The van der Waals surface area contributed by atoms with Crippen molar-refractivity contribution in [1.82, 2.24) is 35.3 Å². The van der Waals surface area contributed by atoms with Crippen molar-refractivity contribution < 1.29 is 29.0 Å². The summed E-state index contributed by atoms with van der Waals surface area (Å²) in [6.07, 6.45) is 0.451. The van der Waals surface area contributed by atoms with Gasteiger partial charge in [0.2, 0.25) is 17.7 Å². The number of methoxy groups -OCH3 is 1. The molecule has 17 heteroatoms. The van der Waals surface area contributed by atoms with Crippen LogP contribution in [0.2, 0.25) is 0 Å². The number of aliphatic imine (C=N–C) groups is 1. The van der Waals surface area contributed by atoms with Crippen LogP contribution >= 0.6 is 22.7 Å². The van der Waals surface area contributed by atoms with Crippen LogP contribution in [0.5, 0.6) is 0 Å². The highest BCUT2D eigenvalue weighted by atomic mass is 32.1. The molecule has 3 aliphatic rings. The Hall–Kier alpha value is -5.78. The summed E-state index contributed by atoms with van der Waals surface area (Å²) in [5, 5.41) is 26.7. The minimum absolute atomic E-state index is 0.00511. The first-order valence-corrected chi connectivity index (χ1v) is 24.2. The van der Waals surface area contributed by atoms with Gasteiger partial charge in [0.15, 0.2) is 5.82 Å². The van der Waals surface area contributed by atoms with Gasteiger partial charge in [0.05, 0.1) is 47.5 Å². The van der Waals surface area contributed by atoms with Crippen LogP contribution in [0.1, 0.15) is 110 Å². The summed E-state index contributed by atoms with van der Waals surface area (Å²) >= 11 is 3.24. The zero-order valence-electron chi connectivity index (χ0n) is 39.0. The molecule has 348 valence electrons. The Morgan fingerprint density at radius 1 is 0.924 bits per heavy atom. The van der Waals surface area contributed by atoms with Crippen molar-refractivity contribution in [3.05, 3.63) is 98.5 Å². The number of benzene rings is 2. The highest BCUT2D eigenvalue weighted by Gasteiger charge is 2.45. The van der Waals surface area contributed by atoms with Crippen molar-refractivity contribution in [2.75, 3.05) is 31.6 Å². The number of thiophene rings is 1. The molecule has 0 saturated carbocycles. The number of carbonyl (C=O) groups is 4. The van der Waals surface area contributed by atoms with E-state index >= 15 is 0 Å². The van der Waals surface area contributed by atoms with Gasteiger partial charge >= 0.3 is 5.97 Å². The van der Waals surface area contributed by atoms with E-state index in [9.17, 15) is 24.3 Å². The molecule has 66 heavy (non-hydrogen) atoms. The summed E-state index contributed by atoms with van der Waals surface area (Å²) in [6, 6.07) is 13.5. The van der Waals surface area contributed by atoms with Gasteiger partial charge in [-0.1, -0.05) is 57.2 Å². The van der Waals surface area contributed by atoms with Crippen LogP contribution in [0.25, 0.3) is 15.4 Å². The molecule has 2 fully saturated rings. The lowest BCUT2D eigenvalue weighted by atomic mass is 9.84. The van der Waals surface area contributed by atoms with Crippen molar-refractivity contribution in [1.29, 1.82) is 0 Å². The molecule has 3 amide bonds. The van der Waals surface area contributed by atoms with Gasteiger partial charge in [0.1, 0.15) is 29.0 Å². The lowest BCUT2D eigenvalue weighted by Gasteiger charge is -2.38. The fourth-order valence-electron chi connectivity index (χ4n) is 9.27. The fourth-order valence-corrected chi connectivity index (χ4v) is 11.3. The molecule has 0 spiro atoms. The van der Waals surface area contributed by atoms with Gasteiger partial charge in [-0.3, -0.25) is 28.7 Å². The molecule has 6 heterocycles. The number of rotatable bonds is 11. The number of esters is 1. The number of likely N-dealkylation sites (tertiary alicyclic amines) is 1. The van der Waals surface area contributed by atoms with E-state index in [1.807, 2.05) is 75.9 Å². The maximum Gasteiger partial charge on any atom is 0.308 e. The third-order valence-electron chi connectivity index (χ3n) is 13.2. The SMILES string of the molecule is COC(=O)C[C@@H]1N=C(c2ccc(N3CCC(C(=O)NC(C(=O)N4C[C@H](O)C[C@H]4C(=O)N[C@@H](C)c4ccc(-c5scnc5C)cc4)C(C)(C)C)CC3)cc2)c2c(sc(C)c2C)-n2c(C)nnc21. The Kier molecular flexibility index (Phi) is 13.3. The number of aliphatic hydroxyl groups excluding tert-OH is 1. The van der Waals surface area contributed by atoms with Gasteiger partial charge in [-0.05, 0) is 81.7 Å². The third-order valence-corrected chi connectivity index (χ3v) is 15.4. The van der Waals surface area contributed by atoms with Crippen molar-refractivity contribution in [2.24, 2.45) is 16.3 Å². The minimum atomic E-state index is -0.911. The number of hydrogen-bond donors (Lipinski definition) is 3. The monoisotopic (exact) mass is 933 g/mol. The van der Waals surface area contributed by atoms with Crippen LogP contribution in [0.3, 0.4) is 0 Å². The van der Waals surface area contributed by atoms with E-state index in [0.29, 0.717) is 31.8 Å². The maximum atomic E-state index is 14.4. The highest BCUT2D eigenvalue weighted by Crippen LogP contribution is 2.40. The second kappa shape index (κ2) is 18.8. The minimum Gasteiger partial charge on any atom is -0.469 e. The van der Waals surface area contributed by atoms with Crippen LogP contribution in [0.4, 0.5) is 5.69 Å². The standard InChI is InChI=1S/C49H59N9O6S2/c1-26-29(4)66-48-40(26)41(52-37(23-39(60)64-9)44-55-54-30(5)58(44)48)32-14-16-35(17-15-32)56-20-18-34(19-21-56)45(61)53-43(49(6,7)8)47(63)57-24-36(59)22-38(57)46(62)51-27(2)31-10-12-33(13-11-31)42-28(3)50-25-65-42/h10-17,25,27,34,36-38,43,59H,18-24H2,1-9H3,(H,51,62)(H,53,61)/t27-,36+,37-,38-,43?/m0/s1. The second-order valence-corrected chi connectivity index (χ2v) is 20.9. The number of aliphatic hydroxyl groups is 1. The van der Waals surface area contributed by atoms with Crippen molar-refractivity contribution in [3.63, 3.8) is 0 Å². The quantitative estimate of drug-likeness (QED) is 0.120. The lowest BCUT2D eigenvalue weighted by molar-refractivity contribution is -0.144. The van der Waals surface area contributed by atoms with Gasteiger partial charge in [-0.25, -0.2) is 4.98 Å². The number of nitrogens with zero attached hydrogens (tertiary/aromatic N) is 7. The molecule has 0 aliphatic carbocycles. The number of aryl methyl sites for hydroxylation is 3. The maximum absolute atomic E-state index is 14.4. The number of amides is 3. The topological polar surface area (TPSA) is 184 Å². The molecule has 0 radical (unpaired) electrons. The van der Waals surface area contributed by atoms with E-state index < -0.39 is 29.6 Å². The average molecular weight is 934 g/mol. The molecule has 2 saturated heterocycles. The number of hydrogen-bond acceptors (Lipinski definition) is 13. The summed E-state index contributed by atoms with van der Waals surface area (Å²) in [5.41, 5.74) is 8.90. The van der Waals surface area contributed by atoms with Crippen LogP contribution in [-0.4, -0.2) is 104 Å². The first-order valence-electron chi connectivity index (χ1n) is 22.6. The van der Waals surface area contributed by atoms with Crippen LogP contribution in [0.15, 0.2) is 59.0 Å². The van der Waals surface area contributed by atoms with E-state index in [-0.39, 0.29) is 55.0 Å². The number of piperidine rings is 1. The Morgan fingerprint density at radius 2 is 1.61 bits per heavy atom. The van der Waals surface area contributed by atoms with Gasteiger partial charge in [-0.2, -0.15) is 0 Å². The molecule has 8 rings (SSSR count). The molecular weight excluding hydrogens is 875 g/mol. The third kappa shape index (κ3) is 9.29. The first-order chi connectivity index (χ1) is 31.4. The molecule has 2 aromatic carbocycles. The number of ether oxygens (including phenoxy) is 1. The Morgan fingerprint density at radius 3 is 2.24 bits per heavy atom. The molecule has 0 bridgehead atoms. The molecule has 1 unspecified atom stereocenters. The summed E-state index contributed by atoms with van der Waals surface area (Å²) in [6.45, 7) is 17.0. The van der Waals surface area contributed by atoms with E-state index in [4.69, 9.17) is 9.73 Å². The summed E-state index contributed by atoms with van der Waals surface area (Å²) in [7, 11) is 1.37. The van der Waals surface area contributed by atoms with Crippen molar-refractivity contribution in [2.45, 2.75) is 111 Å². The van der Waals surface area contributed by atoms with Crippen LogP contribution in [0, 0.1) is 39.0 Å². The predicted molar refractivity (Wildman–Crippen MR) is 256 cm³/mol. The zero-order chi connectivity index (χ0) is 47.2. The largest absolute Gasteiger partial charge is 0.469 e. The highest BCUT2D eigenvalue weighted by molar-refractivity contribution is 7.15. The van der Waals surface area contributed by atoms with Gasteiger partial charge in [0.25, 0.3) is 0 Å². The van der Waals surface area contributed by atoms with Crippen LogP contribution in [-0.2, 0) is 23.9 Å². The molecule has 3 aromatic heterocycles. The summed E-state index contributed by atoms with van der Waals surface area (Å²) in [5.74, 6) is -0.292. The van der Waals surface area contributed by atoms with Crippen molar-refractivity contribution >= 4 is 57.8 Å². The van der Waals surface area contributed by atoms with Gasteiger partial charge < -0.3 is 30.3 Å². The Bertz CT molecular complexity index is 2650. The van der Waals surface area contributed by atoms with E-state index in [1.165, 1.54) is 12.0 Å². The van der Waals surface area contributed by atoms with E-state index in [2.05, 4.69) is 68.8 Å². The van der Waals surface area contributed by atoms with E-state index in [1.54, 1.807) is 22.7 Å². The smallest absolute Gasteiger partial charge is 0.308 e. The van der Waals surface area contributed by atoms with E-state index in [0.717, 1.165) is 65.5 Å². The number of anilines is 1. The van der Waals surface area contributed by atoms with Crippen LogP contribution < -0.4 is 15.5 Å². The first kappa shape index (κ1) is 46.7. The molecule has 5 aromatic rings. The molecular formula is C49H59N9O6S2. The molecule has 3 aliphatic heterocycles. The summed E-state index contributed by atoms with van der Waals surface area (Å²) in [4.78, 5) is 70.3. The second-order valence-electron chi connectivity index (χ2n) is 18.8. The molecule has 5 atom stereocenters. The van der Waals surface area contributed by atoms with Gasteiger partial charge in [-0.15, -0.1) is 32.9 Å². The normalized spacial score (nSPS) is 19.6. The number of aromatic nitrogens is 4. The molecule has 3 N–H and O–H groups in total. The fraction of sp³-hybridized carbons (Fsp3) is 0.469. The summed E-state index contributed by atoms with van der Waals surface area (Å²) < 4.78 is 7.06. The Labute approximate surface area is 393 Å². The Balaban J connectivity index is 0.914. The average Bonchev–Trinajstić information content (AvgIpc) is 4.07. The van der Waals surface area contributed by atoms with Gasteiger partial charge in [0, 0.05) is 53.7 Å². The lowest BCUT2D eigenvalue weighted by Crippen LogP contribution is -2.59. The number of carbonyl (C=O) groups excluding carboxylic acids is 4. The molecule has 15 nitrogen and oxygen atoms in total.